The van der Waals surface area contributed by atoms with E-state index in [0.29, 0.717) is 40.3 Å². The number of hydrogen-bond acceptors (Lipinski definition) is 0. The molecule has 306 valence electrons. The predicted octanol–water partition coefficient (Wildman–Crippen LogP) is 16.4. The molecule has 51 heavy (non-hydrogen) atoms. The maximum atomic E-state index is 3.13. The Bertz CT molecular complexity index is 977. The minimum Gasteiger partial charge on any atom is -0.0739 e. The summed E-state index contributed by atoms with van der Waals surface area (Å²) >= 11 is 0. The first-order chi connectivity index (χ1) is 21.2. The third-order valence-corrected chi connectivity index (χ3v) is 210. The van der Waals surface area contributed by atoms with Crippen molar-refractivity contribution < 1.29 is 0 Å². The molecule has 0 rings (SSSR count). The van der Waals surface area contributed by atoms with Crippen molar-refractivity contribution in [3.8, 4) is 0 Å². The highest BCUT2D eigenvalue weighted by Gasteiger charge is 2.77. The van der Waals surface area contributed by atoms with E-state index >= 15 is 0 Å². The zero-order valence-electron chi connectivity index (χ0n) is 42.5. The molecule has 9 heteroatoms. The second kappa shape index (κ2) is 14.1. The minimum absolute atomic E-state index is 0.374. The van der Waals surface area contributed by atoms with E-state index in [1.165, 1.54) is 0 Å². The van der Waals surface area contributed by atoms with E-state index < -0.39 is 66.4 Å². The van der Waals surface area contributed by atoms with Crippen molar-refractivity contribution in [3.63, 3.8) is 0 Å². The van der Waals surface area contributed by atoms with Gasteiger partial charge in [0.1, 0.15) is 0 Å². The van der Waals surface area contributed by atoms with Crippen LogP contribution in [-0.2, 0) is 0 Å². The van der Waals surface area contributed by atoms with Gasteiger partial charge in [-0.05, 0) is 40.3 Å². The first kappa shape index (κ1) is 53.0. The monoisotopic (exact) mass is 859 g/mol. The molecule has 0 atom stereocenters. The van der Waals surface area contributed by atoms with Crippen molar-refractivity contribution in [1.29, 1.82) is 0 Å². The lowest BCUT2D eigenvalue weighted by molar-refractivity contribution is 0.625. The van der Waals surface area contributed by atoms with E-state index in [4.69, 9.17) is 0 Å². The fourth-order valence-electron chi connectivity index (χ4n) is 12.4. The van der Waals surface area contributed by atoms with Crippen LogP contribution in [0.2, 0.25) is 106 Å². The molecule has 0 aromatic heterocycles. The summed E-state index contributed by atoms with van der Waals surface area (Å²) in [6.45, 7) is 96.5. The molecule has 0 fully saturated rings. The summed E-state index contributed by atoms with van der Waals surface area (Å²) in [4.78, 5) is 0. The molecule has 0 aromatic carbocycles. The van der Waals surface area contributed by atoms with Gasteiger partial charge in [0.15, 0.2) is 0 Å². The van der Waals surface area contributed by atoms with Crippen LogP contribution in [0.4, 0.5) is 0 Å². The van der Waals surface area contributed by atoms with Gasteiger partial charge in [-0.25, -0.2) is 0 Å². The van der Waals surface area contributed by atoms with Gasteiger partial charge in [-0.15, -0.1) is 0 Å². The van der Waals surface area contributed by atoms with Crippen molar-refractivity contribution in [2.45, 2.75) is 272 Å². The van der Waals surface area contributed by atoms with Gasteiger partial charge in [-0.2, -0.15) is 0 Å². The summed E-state index contributed by atoms with van der Waals surface area (Å²) in [5.41, 5.74) is 0. The Kier molecular flexibility index (Phi) is 14.6. The Labute approximate surface area is 336 Å². The van der Waals surface area contributed by atoms with Gasteiger partial charge < -0.3 is 0 Å². The molecule has 0 nitrogen and oxygen atoms in total. The first-order valence-corrected chi connectivity index (χ1v) is 51.0. The number of hydrogen-bond donors (Lipinski definition) is 0. The quantitative estimate of drug-likeness (QED) is 0.213. The fourth-order valence-corrected chi connectivity index (χ4v) is 328. The third kappa shape index (κ3) is 7.92. The molecule has 0 N–H and O–H groups in total. The Morgan fingerprint density at radius 2 is 0.314 bits per heavy atom. The van der Waals surface area contributed by atoms with Crippen molar-refractivity contribution in [2.75, 3.05) is 0 Å². The molecule has 2 radical (unpaired) electrons. The molecular weight excluding hydrogens is 757 g/mol. The van der Waals surface area contributed by atoms with E-state index in [9.17, 15) is 0 Å². The molecule has 0 spiro atoms. The Balaban J connectivity index is 9.48. The standard InChI is InChI=1S/C42H102Si9/c1-35(2,3)48(31,36(4,5)6)43(49(32,37(7,8)9)38(10,11)12)45(25,26)47(29,30)46(27,28)44(50(33,39(13,14)15)40(16,17)18)51(34,41(19,20)21)42(22,23)24/h1-34H3. The number of rotatable bonds is 8. The highest BCUT2D eigenvalue weighted by atomic mass is 30.2. The second-order valence-corrected chi connectivity index (χ2v) is 117. The molecule has 0 unspecified atom stereocenters. The Morgan fingerprint density at radius 1 is 0.216 bits per heavy atom. The highest BCUT2D eigenvalue weighted by Crippen LogP contribution is 2.66. The van der Waals surface area contributed by atoms with Crippen molar-refractivity contribution >= 4 is 66.4 Å². The van der Waals surface area contributed by atoms with Crippen LogP contribution in [0.5, 0.6) is 0 Å². The maximum Gasteiger partial charge on any atom is 0.0471 e. The molecular formula is C42H102Si9. The molecule has 0 aliphatic rings. The Hall–Kier alpha value is 1.95. The molecule has 0 aliphatic heterocycles. The zero-order valence-corrected chi connectivity index (χ0v) is 51.5. The van der Waals surface area contributed by atoms with Gasteiger partial charge >= 0.3 is 0 Å². The van der Waals surface area contributed by atoms with E-state index in [-0.39, 0.29) is 0 Å². The summed E-state index contributed by atoms with van der Waals surface area (Å²) in [5, 5.41) is 2.99. The van der Waals surface area contributed by atoms with Gasteiger partial charge in [0, 0.05) is 66.4 Å². The lowest BCUT2D eigenvalue weighted by atomic mass is 10.2. The lowest BCUT2D eigenvalue weighted by Gasteiger charge is -2.73. The van der Waals surface area contributed by atoms with Crippen molar-refractivity contribution in [1.82, 2.24) is 0 Å². The summed E-state index contributed by atoms with van der Waals surface area (Å²) in [6.07, 6.45) is 0. The fraction of sp³-hybridized carbons (Fsp3) is 1.00. The van der Waals surface area contributed by atoms with Crippen LogP contribution < -0.4 is 0 Å². The zero-order chi connectivity index (χ0) is 42.7. The Morgan fingerprint density at radius 3 is 0.392 bits per heavy atom. The first-order valence-electron chi connectivity index (χ1n) is 21.0. The van der Waals surface area contributed by atoms with E-state index in [1.54, 1.807) is 0 Å². The average molecular weight is 860 g/mol. The molecule has 0 aromatic rings. The summed E-state index contributed by atoms with van der Waals surface area (Å²) in [7, 11) is -14.8. The summed E-state index contributed by atoms with van der Waals surface area (Å²) in [6, 6.07) is 0. The van der Waals surface area contributed by atoms with Crippen LogP contribution in [0, 0.1) is 0 Å². The van der Waals surface area contributed by atoms with Gasteiger partial charge in [0.25, 0.3) is 0 Å². The molecule has 0 saturated heterocycles. The third-order valence-electron chi connectivity index (χ3n) is 18.4. The normalized spacial score (nSPS) is 17.2. The minimum atomic E-state index is -1.92. The highest BCUT2D eigenvalue weighted by molar-refractivity contribution is 8.07. The largest absolute Gasteiger partial charge is 0.0739 e. The summed E-state index contributed by atoms with van der Waals surface area (Å²) in [5.74, 6) is 0. The molecule has 0 bridgehead atoms. The van der Waals surface area contributed by atoms with Gasteiger partial charge in [-0.3, -0.25) is 0 Å². The van der Waals surface area contributed by atoms with Crippen LogP contribution in [0.15, 0.2) is 0 Å². The lowest BCUT2D eigenvalue weighted by Crippen LogP contribution is -2.95. The van der Waals surface area contributed by atoms with E-state index in [2.05, 4.69) is 232 Å². The molecule has 0 heterocycles. The van der Waals surface area contributed by atoms with Crippen molar-refractivity contribution in [2.24, 2.45) is 0 Å². The average Bonchev–Trinajstić information content (AvgIpc) is 2.77. The van der Waals surface area contributed by atoms with E-state index in [0.717, 1.165) is 0 Å². The van der Waals surface area contributed by atoms with Crippen LogP contribution in [-0.4, -0.2) is 66.4 Å². The van der Waals surface area contributed by atoms with E-state index in [1.807, 2.05) is 0 Å². The maximum absolute atomic E-state index is 3.13. The second-order valence-electron chi connectivity index (χ2n) is 28.1. The van der Waals surface area contributed by atoms with Gasteiger partial charge in [-0.1, -0.05) is 232 Å². The summed E-state index contributed by atoms with van der Waals surface area (Å²) < 4.78 is 0. The van der Waals surface area contributed by atoms with Gasteiger partial charge in [0.05, 0.1) is 0 Å². The molecule has 0 amide bonds. The SMILES string of the molecule is CC(C)(C)[Si](C)([Si]([Si](C)(C(C)(C)C)C(C)(C)C)[Si](C)(C)[Si](C)(C)[Si](C)(C)[Si]([Si](C)(C(C)(C)C)C(C)(C)C)[Si](C)(C(C)(C)C)C(C)(C)C)C(C)(C)C. The topological polar surface area (TPSA) is 0 Å². The van der Waals surface area contributed by atoms with Crippen LogP contribution >= 0.6 is 0 Å². The molecule has 0 saturated carbocycles. The smallest absolute Gasteiger partial charge is 0.0471 e. The van der Waals surface area contributed by atoms with Gasteiger partial charge in [0.2, 0.25) is 0 Å². The van der Waals surface area contributed by atoms with Crippen LogP contribution in [0.25, 0.3) is 0 Å². The molecule has 0 aliphatic carbocycles. The predicted molar refractivity (Wildman–Crippen MR) is 268 cm³/mol. The van der Waals surface area contributed by atoms with Crippen LogP contribution in [0.1, 0.15) is 166 Å². The van der Waals surface area contributed by atoms with Crippen molar-refractivity contribution in [3.05, 3.63) is 0 Å². The van der Waals surface area contributed by atoms with Crippen LogP contribution in [0.3, 0.4) is 0 Å².